The maximum atomic E-state index is 12.2. The topological polar surface area (TPSA) is 49.4 Å². The third-order valence-electron chi connectivity index (χ3n) is 4.80. The second-order valence-corrected chi connectivity index (χ2v) is 6.63. The van der Waals surface area contributed by atoms with E-state index >= 15 is 0 Å². The first-order valence-corrected chi connectivity index (χ1v) is 8.63. The summed E-state index contributed by atoms with van der Waals surface area (Å²) in [7, 11) is 1.78. The Morgan fingerprint density at radius 2 is 1.79 bits per heavy atom. The largest absolute Gasteiger partial charge is 0.347 e. The molecule has 0 saturated heterocycles. The molecule has 1 fully saturated rings. The van der Waals surface area contributed by atoms with Crippen molar-refractivity contribution in [1.29, 1.82) is 0 Å². The molecule has 2 aromatic carbocycles. The van der Waals surface area contributed by atoms with E-state index in [1.165, 1.54) is 10.8 Å². The molecule has 1 saturated carbocycles. The fourth-order valence-electron chi connectivity index (χ4n) is 3.33. The number of amides is 2. The first-order valence-electron chi connectivity index (χ1n) is 8.63. The van der Waals surface area contributed by atoms with Gasteiger partial charge in [0.05, 0.1) is 6.54 Å². The first kappa shape index (κ1) is 16.5. The lowest BCUT2D eigenvalue weighted by Gasteiger charge is -2.18. The SMILES string of the molecule is CN(Cc1ccc2ccccc2c1)C(=O)CNC(=O)C1CCCC1. The zero-order chi connectivity index (χ0) is 16.9. The van der Waals surface area contributed by atoms with Crippen LogP contribution in [0, 0.1) is 5.92 Å². The first-order chi connectivity index (χ1) is 11.6. The maximum Gasteiger partial charge on any atom is 0.242 e. The summed E-state index contributed by atoms with van der Waals surface area (Å²) in [6.07, 6.45) is 4.14. The average molecular weight is 324 g/mol. The number of hydrogen-bond donors (Lipinski definition) is 1. The Balaban J connectivity index is 1.53. The van der Waals surface area contributed by atoms with Gasteiger partial charge in [0, 0.05) is 19.5 Å². The van der Waals surface area contributed by atoms with Crippen molar-refractivity contribution in [2.75, 3.05) is 13.6 Å². The van der Waals surface area contributed by atoms with Crippen LogP contribution in [0.5, 0.6) is 0 Å². The molecule has 1 N–H and O–H groups in total. The number of rotatable bonds is 5. The van der Waals surface area contributed by atoms with E-state index in [0.29, 0.717) is 6.54 Å². The van der Waals surface area contributed by atoms with Crippen molar-refractivity contribution in [3.05, 3.63) is 48.0 Å². The van der Waals surface area contributed by atoms with Gasteiger partial charge in [-0.2, -0.15) is 0 Å². The molecule has 1 aliphatic carbocycles. The van der Waals surface area contributed by atoms with E-state index in [1.54, 1.807) is 11.9 Å². The summed E-state index contributed by atoms with van der Waals surface area (Å²) in [5, 5.41) is 5.16. The van der Waals surface area contributed by atoms with Crippen LogP contribution in [-0.4, -0.2) is 30.3 Å². The zero-order valence-corrected chi connectivity index (χ0v) is 14.1. The van der Waals surface area contributed by atoms with E-state index in [2.05, 4.69) is 29.6 Å². The Kier molecular flexibility index (Phi) is 5.14. The van der Waals surface area contributed by atoms with Gasteiger partial charge in [-0.3, -0.25) is 9.59 Å². The van der Waals surface area contributed by atoms with Gasteiger partial charge >= 0.3 is 0 Å². The van der Waals surface area contributed by atoms with Gasteiger partial charge in [0.1, 0.15) is 0 Å². The van der Waals surface area contributed by atoms with Gasteiger partial charge in [0.15, 0.2) is 0 Å². The number of benzene rings is 2. The highest BCUT2D eigenvalue weighted by Crippen LogP contribution is 2.24. The van der Waals surface area contributed by atoms with Gasteiger partial charge in [-0.25, -0.2) is 0 Å². The van der Waals surface area contributed by atoms with Gasteiger partial charge in [-0.15, -0.1) is 0 Å². The lowest BCUT2D eigenvalue weighted by atomic mass is 10.1. The molecule has 126 valence electrons. The molecular weight excluding hydrogens is 300 g/mol. The minimum atomic E-state index is -0.0606. The molecule has 2 amide bonds. The fourth-order valence-corrected chi connectivity index (χ4v) is 3.33. The number of nitrogens with zero attached hydrogens (tertiary/aromatic N) is 1. The van der Waals surface area contributed by atoms with Crippen LogP contribution in [0.3, 0.4) is 0 Å². The summed E-state index contributed by atoms with van der Waals surface area (Å²) < 4.78 is 0. The second kappa shape index (κ2) is 7.47. The third-order valence-corrected chi connectivity index (χ3v) is 4.80. The van der Waals surface area contributed by atoms with Gasteiger partial charge in [0.2, 0.25) is 11.8 Å². The van der Waals surface area contributed by atoms with E-state index in [4.69, 9.17) is 0 Å². The molecule has 0 bridgehead atoms. The summed E-state index contributed by atoms with van der Waals surface area (Å²) in [6, 6.07) is 14.4. The molecule has 0 heterocycles. The molecule has 4 nitrogen and oxygen atoms in total. The van der Waals surface area contributed by atoms with Crippen LogP contribution < -0.4 is 5.32 Å². The van der Waals surface area contributed by atoms with Crippen LogP contribution in [0.25, 0.3) is 10.8 Å². The number of nitrogens with one attached hydrogen (secondary N) is 1. The highest BCUT2D eigenvalue weighted by Gasteiger charge is 2.23. The molecule has 0 atom stereocenters. The van der Waals surface area contributed by atoms with Crippen LogP contribution in [-0.2, 0) is 16.1 Å². The highest BCUT2D eigenvalue weighted by atomic mass is 16.2. The molecule has 4 heteroatoms. The Hall–Kier alpha value is -2.36. The minimum absolute atomic E-state index is 0.0277. The number of carbonyl (C=O) groups excluding carboxylic acids is 2. The van der Waals surface area contributed by atoms with Crippen molar-refractivity contribution in [2.24, 2.45) is 5.92 Å². The molecule has 1 aliphatic rings. The normalized spacial score (nSPS) is 14.7. The lowest BCUT2D eigenvalue weighted by molar-refractivity contribution is -0.133. The molecule has 0 aromatic heterocycles. The van der Waals surface area contributed by atoms with Crippen LogP contribution in [0.15, 0.2) is 42.5 Å². The van der Waals surface area contributed by atoms with E-state index in [-0.39, 0.29) is 24.3 Å². The summed E-state index contributed by atoms with van der Waals surface area (Å²) in [4.78, 5) is 25.9. The highest BCUT2D eigenvalue weighted by molar-refractivity contribution is 5.86. The standard InChI is InChI=1S/C20H24N2O2/c1-22(19(23)13-21-20(24)17-7-3-4-8-17)14-15-10-11-16-6-2-5-9-18(16)12-15/h2,5-6,9-12,17H,3-4,7-8,13-14H2,1H3,(H,21,24). The quantitative estimate of drug-likeness (QED) is 0.919. The van der Waals surface area contributed by atoms with Gasteiger partial charge in [0.25, 0.3) is 0 Å². The number of carbonyl (C=O) groups is 2. The van der Waals surface area contributed by atoms with Crippen molar-refractivity contribution in [3.8, 4) is 0 Å². The van der Waals surface area contributed by atoms with Gasteiger partial charge in [-0.05, 0) is 35.2 Å². The fraction of sp³-hybridized carbons (Fsp3) is 0.400. The van der Waals surface area contributed by atoms with E-state index < -0.39 is 0 Å². The molecular formula is C20H24N2O2. The number of fused-ring (bicyclic) bond motifs is 1. The Bertz CT molecular complexity index is 735. The predicted octanol–water partition coefficient (Wildman–Crippen LogP) is 3.10. The molecule has 0 spiro atoms. The summed E-state index contributed by atoms with van der Waals surface area (Å²) in [6.45, 7) is 0.627. The van der Waals surface area contributed by atoms with Gasteiger partial charge < -0.3 is 10.2 Å². The number of likely N-dealkylation sites (N-methyl/N-ethyl adjacent to an activating group) is 1. The van der Waals surface area contributed by atoms with Crippen LogP contribution in [0.4, 0.5) is 0 Å². The van der Waals surface area contributed by atoms with Crippen molar-refractivity contribution >= 4 is 22.6 Å². The summed E-state index contributed by atoms with van der Waals surface area (Å²) >= 11 is 0. The average Bonchev–Trinajstić information content (AvgIpc) is 3.14. The van der Waals surface area contributed by atoms with Crippen LogP contribution in [0.2, 0.25) is 0 Å². The molecule has 0 aliphatic heterocycles. The Morgan fingerprint density at radius 1 is 1.08 bits per heavy atom. The minimum Gasteiger partial charge on any atom is -0.347 e. The monoisotopic (exact) mass is 324 g/mol. The van der Waals surface area contributed by atoms with Crippen molar-refractivity contribution in [3.63, 3.8) is 0 Å². The van der Waals surface area contributed by atoms with E-state index in [0.717, 1.165) is 31.2 Å². The van der Waals surface area contributed by atoms with Crippen LogP contribution in [0.1, 0.15) is 31.2 Å². The molecule has 2 aromatic rings. The van der Waals surface area contributed by atoms with Crippen molar-refractivity contribution in [2.45, 2.75) is 32.2 Å². The zero-order valence-electron chi connectivity index (χ0n) is 14.1. The predicted molar refractivity (Wildman–Crippen MR) is 95.4 cm³/mol. The Morgan fingerprint density at radius 3 is 2.54 bits per heavy atom. The van der Waals surface area contributed by atoms with Crippen molar-refractivity contribution < 1.29 is 9.59 Å². The molecule has 0 unspecified atom stereocenters. The van der Waals surface area contributed by atoms with Crippen LogP contribution >= 0.6 is 0 Å². The summed E-state index contributed by atoms with van der Waals surface area (Å²) in [5.74, 6) is 0.0676. The maximum absolute atomic E-state index is 12.2. The molecule has 3 rings (SSSR count). The Labute approximate surface area is 142 Å². The molecule has 0 radical (unpaired) electrons. The van der Waals surface area contributed by atoms with E-state index in [9.17, 15) is 9.59 Å². The van der Waals surface area contributed by atoms with E-state index in [1.807, 2.05) is 18.2 Å². The third kappa shape index (κ3) is 3.94. The lowest BCUT2D eigenvalue weighted by Crippen LogP contribution is -2.39. The second-order valence-electron chi connectivity index (χ2n) is 6.63. The van der Waals surface area contributed by atoms with Crippen molar-refractivity contribution in [1.82, 2.24) is 10.2 Å². The molecule has 24 heavy (non-hydrogen) atoms. The number of hydrogen-bond acceptors (Lipinski definition) is 2. The smallest absolute Gasteiger partial charge is 0.242 e. The summed E-state index contributed by atoms with van der Waals surface area (Å²) in [5.41, 5.74) is 1.09. The van der Waals surface area contributed by atoms with Gasteiger partial charge in [-0.1, -0.05) is 49.2 Å².